The predicted octanol–water partition coefficient (Wildman–Crippen LogP) is 4.26. The van der Waals surface area contributed by atoms with Crippen LogP contribution in [0.3, 0.4) is 0 Å². The third kappa shape index (κ3) is 5.61. The molecule has 0 bridgehead atoms. The van der Waals surface area contributed by atoms with Gasteiger partial charge in [0.15, 0.2) is 11.5 Å². The van der Waals surface area contributed by atoms with Crippen molar-refractivity contribution in [3.05, 3.63) is 57.1 Å². The number of nitro groups is 1. The van der Waals surface area contributed by atoms with Gasteiger partial charge in [-0.3, -0.25) is 14.9 Å². The Morgan fingerprint density at radius 1 is 1.13 bits per heavy atom. The minimum Gasteiger partial charge on any atom is -0.493 e. The van der Waals surface area contributed by atoms with Crippen LogP contribution in [0.25, 0.3) is 0 Å². The average Bonchev–Trinajstić information content (AvgIpc) is 2.75. The van der Waals surface area contributed by atoms with Crippen LogP contribution in [0.1, 0.15) is 29.6 Å². The Balaban J connectivity index is 1.67. The van der Waals surface area contributed by atoms with Gasteiger partial charge in [0.2, 0.25) is 5.75 Å². The number of amides is 1. The Kier molecular flexibility index (Phi) is 7.48. The molecule has 0 atom stereocenters. The number of hydrogen-bond acceptors (Lipinski definition) is 6. The van der Waals surface area contributed by atoms with Gasteiger partial charge in [0.25, 0.3) is 5.91 Å². The second kappa shape index (κ2) is 10.3. The maximum absolute atomic E-state index is 12.5. The first-order chi connectivity index (χ1) is 14.5. The molecule has 1 aliphatic heterocycles. The van der Waals surface area contributed by atoms with Crippen molar-refractivity contribution in [1.29, 1.82) is 0 Å². The van der Waals surface area contributed by atoms with E-state index in [1.807, 2.05) is 0 Å². The van der Waals surface area contributed by atoms with Crippen molar-refractivity contribution in [2.45, 2.75) is 19.3 Å². The summed E-state index contributed by atoms with van der Waals surface area (Å²) in [4.78, 5) is 25.5. The lowest BCUT2D eigenvalue weighted by molar-refractivity contribution is -0.385. The molecule has 160 valence electrons. The summed E-state index contributed by atoms with van der Waals surface area (Å²) in [5, 5.41) is 14.4. The number of nitrogens with zero attached hydrogens (tertiary/aromatic N) is 2. The molecule has 0 aliphatic carbocycles. The van der Waals surface area contributed by atoms with Crippen molar-refractivity contribution in [2.75, 3.05) is 33.3 Å². The Labute approximate surface area is 179 Å². The van der Waals surface area contributed by atoms with E-state index in [1.165, 1.54) is 44.6 Å². The molecule has 1 aliphatic rings. The highest BCUT2D eigenvalue weighted by molar-refractivity contribution is 6.30. The first kappa shape index (κ1) is 21.9. The Morgan fingerprint density at radius 2 is 1.87 bits per heavy atom. The van der Waals surface area contributed by atoms with E-state index in [1.54, 1.807) is 18.2 Å². The highest BCUT2D eigenvalue weighted by atomic mass is 35.5. The zero-order chi connectivity index (χ0) is 21.5. The monoisotopic (exact) mass is 433 g/mol. The lowest BCUT2D eigenvalue weighted by atomic mass is 10.1. The van der Waals surface area contributed by atoms with Gasteiger partial charge in [-0.15, -0.1) is 0 Å². The Bertz CT molecular complexity index is 916. The number of carbonyl (C=O) groups is 1. The number of carbonyl (C=O) groups excluding carboxylic acids is 1. The van der Waals surface area contributed by atoms with Gasteiger partial charge in [-0.25, -0.2) is 0 Å². The number of benzene rings is 2. The average molecular weight is 434 g/mol. The van der Waals surface area contributed by atoms with Crippen LogP contribution in [-0.4, -0.2) is 49.0 Å². The first-order valence-electron chi connectivity index (χ1n) is 9.78. The molecule has 0 unspecified atom stereocenters. The molecule has 0 radical (unpaired) electrons. The first-order valence-corrected chi connectivity index (χ1v) is 10.2. The molecule has 30 heavy (non-hydrogen) atoms. The molecule has 0 aromatic heterocycles. The maximum Gasteiger partial charge on any atom is 0.313 e. The van der Waals surface area contributed by atoms with Gasteiger partial charge >= 0.3 is 5.69 Å². The van der Waals surface area contributed by atoms with Crippen molar-refractivity contribution in [2.24, 2.45) is 0 Å². The molecule has 0 saturated carbocycles. The number of halogens is 1. The van der Waals surface area contributed by atoms with E-state index in [2.05, 4.69) is 10.2 Å². The quantitative estimate of drug-likeness (QED) is 0.493. The van der Waals surface area contributed by atoms with E-state index in [9.17, 15) is 14.9 Å². The van der Waals surface area contributed by atoms with Crippen molar-refractivity contribution in [3.63, 3.8) is 0 Å². The van der Waals surface area contributed by atoms with E-state index in [0.29, 0.717) is 17.9 Å². The van der Waals surface area contributed by atoms with Crippen LogP contribution in [0, 0.1) is 10.1 Å². The normalized spacial score (nSPS) is 14.2. The summed E-state index contributed by atoms with van der Waals surface area (Å²) in [6.45, 7) is 3.54. The second-order valence-corrected chi connectivity index (χ2v) is 7.43. The minimum atomic E-state index is -0.572. The standard InChI is InChI=1S/C21H24ClN3O5/c1-29-20-13-15(21(26)23-9-12-24-10-3-2-4-11-24)5-7-19(20)30-18-8-6-16(22)14-17(18)25(27)28/h5-8,13-14H,2-4,9-12H2,1H3,(H,23,26). The molecule has 0 spiro atoms. The van der Waals surface area contributed by atoms with E-state index < -0.39 is 4.92 Å². The van der Waals surface area contributed by atoms with E-state index in [4.69, 9.17) is 21.1 Å². The summed E-state index contributed by atoms with van der Waals surface area (Å²) in [5.41, 5.74) is 0.160. The Hall–Kier alpha value is -2.84. The molecular formula is C21H24ClN3O5. The third-order valence-corrected chi connectivity index (χ3v) is 5.16. The lowest BCUT2D eigenvalue weighted by Gasteiger charge is -2.26. The maximum atomic E-state index is 12.5. The van der Waals surface area contributed by atoms with Crippen LogP contribution < -0.4 is 14.8 Å². The van der Waals surface area contributed by atoms with E-state index in [0.717, 1.165) is 19.6 Å². The Morgan fingerprint density at radius 3 is 2.57 bits per heavy atom. The van der Waals surface area contributed by atoms with Crippen molar-refractivity contribution in [3.8, 4) is 17.2 Å². The van der Waals surface area contributed by atoms with Crippen LogP contribution in [0.2, 0.25) is 5.02 Å². The lowest BCUT2D eigenvalue weighted by Crippen LogP contribution is -2.37. The highest BCUT2D eigenvalue weighted by Crippen LogP contribution is 2.37. The van der Waals surface area contributed by atoms with Crippen LogP contribution >= 0.6 is 11.6 Å². The molecule has 1 amide bonds. The fourth-order valence-corrected chi connectivity index (χ4v) is 3.51. The zero-order valence-electron chi connectivity index (χ0n) is 16.7. The number of piperidine rings is 1. The number of hydrogen-bond donors (Lipinski definition) is 1. The topological polar surface area (TPSA) is 93.9 Å². The summed E-state index contributed by atoms with van der Waals surface area (Å²) in [6, 6.07) is 8.83. The summed E-state index contributed by atoms with van der Waals surface area (Å²) < 4.78 is 11.0. The van der Waals surface area contributed by atoms with Gasteiger partial charge in [-0.05, 0) is 56.3 Å². The van der Waals surface area contributed by atoms with E-state index in [-0.39, 0.29) is 28.1 Å². The molecule has 2 aromatic rings. The number of ether oxygens (including phenoxy) is 2. The molecule has 2 aromatic carbocycles. The zero-order valence-corrected chi connectivity index (χ0v) is 17.5. The fourth-order valence-electron chi connectivity index (χ4n) is 3.34. The summed E-state index contributed by atoms with van der Waals surface area (Å²) in [7, 11) is 1.44. The van der Waals surface area contributed by atoms with Crippen molar-refractivity contribution in [1.82, 2.24) is 10.2 Å². The summed E-state index contributed by atoms with van der Waals surface area (Å²) in [5.74, 6) is 0.367. The van der Waals surface area contributed by atoms with Gasteiger partial charge in [0, 0.05) is 29.7 Å². The molecular weight excluding hydrogens is 410 g/mol. The SMILES string of the molecule is COc1cc(C(=O)NCCN2CCCCC2)ccc1Oc1ccc(Cl)cc1[N+](=O)[O-]. The van der Waals surface area contributed by atoms with Gasteiger partial charge in [-0.2, -0.15) is 0 Å². The summed E-state index contributed by atoms with van der Waals surface area (Å²) >= 11 is 5.84. The van der Waals surface area contributed by atoms with Crippen molar-refractivity contribution >= 4 is 23.2 Å². The molecule has 1 heterocycles. The summed E-state index contributed by atoms with van der Waals surface area (Å²) in [6.07, 6.45) is 3.69. The van der Waals surface area contributed by atoms with Gasteiger partial charge < -0.3 is 19.7 Å². The molecule has 1 N–H and O–H groups in total. The fraction of sp³-hybridized carbons (Fsp3) is 0.381. The number of nitrogens with one attached hydrogen (secondary N) is 1. The predicted molar refractivity (Wildman–Crippen MR) is 114 cm³/mol. The smallest absolute Gasteiger partial charge is 0.313 e. The largest absolute Gasteiger partial charge is 0.493 e. The van der Waals surface area contributed by atoms with Crippen molar-refractivity contribution < 1.29 is 19.2 Å². The number of likely N-dealkylation sites (tertiary alicyclic amines) is 1. The molecule has 8 nitrogen and oxygen atoms in total. The minimum absolute atomic E-state index is 0.0291. The third-order valence-electron chi connectivity index (χ3n) is 4.93. The number of methoxy groups -OCH3 is 1. The van der Waals surface area contributed by atoms with Crippen LogP contribution in [-0.2, 0) is 0 Å². The second-order valence-electron chi connectivity index (χ2n) is 7.00. The van der Waals surface area contributed by atoms with Gasteiger partial charge in [0.05, 0.1) is 12.0 Å². The van der Waals surface area contributed by atoms with Crippen LogP contribution in [0.15, 0.2) is 36.4 Å². The molecule has 1 saturated heterocycles. The number of rotatable bonds is 8. The highest BCUT2D eigenvalue weighted by Gasteiger charge is 2.19. The molecule has 1 fully saturated rings. The van der Waals surface area contributed by atoms with Crippen LogP contribution in [0.5, 0.6) is 17.2 Å². The number of nitro benzene ring substituents is 1. The van der Waals surface area contributed by atoms with E-state index >= 15 is 0 Å². The molecule has 9 heteroatoms. The van der Waals surface area contributed by atoms with Gasteiger partial charge in [-0.1, -0.05) is 18.0 Å². The molecule has 3 rings (SSSR count). The van der Waals surface area contributed by atoms with Gasteiger partial charge in [0.1, 0.15) is 0 Å². The van der Waals surface area contributed by atoms with Crippen LogP contribution in [0.4, 0.5) is 5.69 Å².